The fraction of sp³-hybridized carbons (Fsp3) is 0.167. The molecule has 3 aliphatic rings. The average molecular weight is 473 g/mol. The summed E-state index contributed by atoms with van der Waals surface area (Å²) in [6, 6.07) is 27.8. The molecule has 0 saturated heterocycles. The summed E-state index contributed by atoms with van der Waals surface area (Å²) in [6.45, 7) is 0. The number of para-hydroxylation sites is 1. The molecule has 3 aromatic rings. The lowest BCUT2D eigenvalue weighted by Crippen LogP contribution is -2.40. The fourth-order valence-electron chi connectivity index (χ4n) is 5.61. The van der Waals surface area contributed by atoms with Crippen molar-refractivity contribution in [1.29, 1.82) is 5.26 Å². The molecule has 2 heterocycles. The van der Waals surface area contributed by atoms with E-state index in [2.05, 4.69) is 18.2 Å². The molecule has 2 atom stereocenters. The van der Waals surface area contributed by atoms with E-state index in [-0.39, 0.29) is 11.7 Å². The number of nitrogens with zero attached hydrogens (tertiary/aromatic N) is 3. The second-order valence-corrected chi connectivity index (χ2v) is 9.20. The topological polar surface area (TPSA) is 91.7 Å². The largest absolute Gasteiger partial charge is 0.497 e. The Bertz CT molecular complexity index is 1510. The molecule has 1 aliphatic carbocycles. The standard InChI is InChI=1S/C30H24N4O2/c1-36-21-13-11-19(12-14-21)27-23(17-31)30-33-29(32)22-9-5-6-10-24(22)34(30)25-15-20(16-26(35)28(25)27)18-7-3-2-4-8-18/h2-14,20,27H,15-16H2,1H3,(H2,32,33)/t20-,27-/m1/s1. The number of ether oxygens (including phenoxy) is 1. The number of nitrogens with two attached hydrogens (primary N) is 1. The van der Waals surface area contributed by atoms with Gasteiger partial charge in [0.05, 0.1) is 30.4 Å². The smallest absolute Gasteiger partial charge is 0.162 e. The van der Waals surface area contributed by atoms with Crippen LogP contribution in [-0.4, -0.2) is 18.7 Å². The minimum atomic E-state index is -0.520. The number of methoxy groups -OCH3 is 1. The van der Waals surface area contributed by atoms with Crippen LogP contribution in [0.5, 0.6) is 5.75 Å². The summed E-state index contributed by atoms with van der Waals surface area (Å²) in [7, 11) is 1.61. The zero-order valence-electron chi connectivity index (χ0n) is 19.8. The summed E-state index contributed by atoms with van der Waals surface area (Å²) in [6.07, 6.45) is 1.05. The van der Waals surface area contributed by atoms with Crippen LogP contribution in [-0.2, 0) is 4.79 Å². The van der Waals surface area contributed by atoms with Gasteiger partial charge in [-0.2, -0.15) is 5.26 Å². The first-order valence-electron chi connectivity index (χ1n) is 11.9. The highest BCUT2D eigenvalue weighted by atomic mass is 16.5. The minimum absolute atomic E-state index is 0.0364. The van der Waals surface area contributed by atoms with Crippen molar-refractivity contribution in [1.82, 2.24) is 0 Å². The van der Waals surface area contributed by atoms with E-state index in [1.807, 2.05) is 71.6 Å². The van der Waals surface area contributed by atoms with E-state index in [0.29, 0.717) is 41.4 Å². The first-order chi connectivity index (χ1) is 17.6. The Hall–Kier alpha value is -4.63. The summed E-state index contributed by atoms with van der Waals surface area (Å²) in [5, 5.41) is 10.4. The van der Waals surface area contributed by atoms with Crippen LogP contribution in [0.3, 0.4) is 0 Å². The summed E-state index contributed by atoms with van der Waals surface area (Å²) < 4.78 is 5.34. The molecule has 176 valence electrons. The average Bonchev–Trinajstić information content (AvgIpc) is 2.92. The summed E-state index contributed by atoms with van der Waals surface area (Å²) >= 11 is 0. The molecule has 6 heteroatoms. The first kappa shape index (κ1) is 21.9. The maximum Gasteiger partial charge on any atom is 0.162 e. The van der Waals surface area contributed by atoms with Gasteiger partial charge in [-0.15, -0.1) is 0 Å². The van der Waals surface area contributed by atoms with Crippen molar-refractivity contribution >= 4 is 17.3 Å². The number of hydrogen-bond donors (Lipinski definition) is 1. The Morgan fingerprint density at radius 2 is 1.69 bits per heavy atom. The van der Waals surface area contributed by atoms with E-state index in [1.165, 1.54) is 0 Å². The number of allylic oxidation sites excluding steroid dienone is 3. The van der Waals surface area contributed by atoms with E-state index in [9.17, 15) is 10.1 Å². The Kier molecular flexibility index (Phi) is 5.19. The summed E-state index contributed by atoms with van der Waals surface area (Å²) in [5.41, 5.74) is 12.0. The van der Waals surface area contributed by atoms with Gasteiger partial charge in [-0.05, 0) is 47.7 Å². The van der Waals surface area contributed by atoms with Crippen LogP contribution in [0.1, 0.15) is 41.4 Å². The number of ketones is 1. The Balaban J connectivity index is 1.60. The number of anilines is 1. The van der Waals surface area contributed by atoms with E-state index in [4.69, 9.17) is 15.5 Å². The van der Waals surface area contributed by atoms with Gasteiger partial charge in [-0.1, -0.05) is 54.6 Å². The van der Waals surface area contributed by atoms with E-state index < -0.39 is 5.92 Å². The van der Waals surface area contributed by atoms with Gasteiger partial charge < -0.3 is 10.5 Å². The maximum absolute atomic E-state index is 13.9. The maximum atomic E-state index is 13.9. The van der Waals surface area contributed by atoms with Crippen molar-refractivity contribution in [3.05, 3.63) is 118 Å². The minimum Gasteiger partial charge on any atom is -0.497 e. The molecule has 2 N–H and O–H groups in total. The monoisotopic (exact) mass is 472 g/mol. The van der Waals surface area contributed by atoms with Crippen LogP contribution in [0.4, 0.5) is 5.69 Å². The Morgan fingerprint density at radius 3 is 2.42 bits per heavy atom. The van der Waals surface area contributed by atoms with Crippen LogP contribution in [0.2, 0.25) is 0 Å². The molecule has 0 amide bonds. The molecule has 0 spiro atoms. The number of Topliss-reactive ketones (excluding diaryl/α,β-unsaturated/α-hetero) is 1. The molecule has 3 aromatic carbocycles. The lowest BCUT2D eigenvalue weighted by atomic mass is 9.71. The van der Waals surface area contributed by atoms with Crippen molar-refractivity contribution in [2.24, 2.45) is 10.7 Å². The van der Waals surface area contributed by atoms with Gasteiger partial charge in [0.25, 0.3) is 0 Å². The lowest BCUT2D eigenvalue weighted by Gasteiger charge is -2.43. The van der Waals surface area contributed by atoms with E-state index in [0.717, 1.165) is 28.1 Å². The normalized spacial score (nSPS) is 20.7. The van der Waals surface area contributed by atoms with Gasteiger partial charge in [-0.25, -0.2) is 4.99 Å². The Labute approximate surface area is 209 Å². The molecule has 0 aromatic heterocycles. The number of hydrogen-bond acceptors (Lipinski definition) is 6. The second kappa shape index (κ2) is 8.54. The molecule has 6 nitrogen and oxygen atoms in total. The molecular formula is C30H24N4O2. The molecule has 0 unspecified atom stereocenters. The lowest BCUT2D eigenvalue weighted by molar-refractivity contribution is -0.116. The van der Waals surface area contributed by atoms with E-state index in [1.54, 1.807) is 7.11 Å². The predicted molar refractivity (Wildman–Crippen MR) is 138 cm³/mol. The molecule has 0 bridgehead atoms. The molecular weight excluding hydrogens is 448 g/mol. The number of benzene rings is 3. The third-order valence-corrected chi connectivity index (χ3v) is 7.27. The fourth-order valence-corrected chi connectivity index (χ4v) is 5.61. The number of amidine groups is 1. The van der Waals surface area contributed by atoms with Gasteiger partial charge in [-0.3, -0.25) is 9.69 Å². The second-order valence-electron chi connectivity index (χ2n) is 9.20. The highest BCUT2D eigenvalue weighted by Crippen LogP contribution is 2.51. The van der Waals surface area contributed by atoms with Crippen LogP contribution in [0.25, 0.3) is 0 Å². The van der Waals surface area contributed by atoms with Crippen molar-refractivity contribution in [2.45, 2.75) is 24.7 Å². The zero-order chi connectivity index (χ0) is 24.8. The van der Waals surface area contributed by atoms with Crippen molar-refractivity contribution in [3.8, 4) is 11.8 Å². The van der Waals surface area contributed by atoms with Crippen molar-refractivity contribution < 1.29 is 9.53 Å². The van der Waals surface area contributed by atoms with Gasteiger partial charge >= 0.3 is 0 Å². The number of fused-ring (bicyclic) bond motifs is 4. The van der Waals surface area contributed by atoms with Crippen LogP contribution >= 0.6 is 0 Å². The summed E-state index contributed by atoms with van der Waals surface area (Å²) in [4.78, 5) is 20.7. The SMILES string of the molecule is COc1ccc([C@@H]2C(C#N)=C3N=C(N)c4ccccc4N3C3=C2C(=O)C[C@H](c2ccccc2)C3)cc1. The molecule has 0 radical (unpaired) electrons. The van der Waals surface area contributed by atoms with Gasteiger partial charge in [0.1, 0.15) is 11.6 Å². The molecule has 0 fully saturated rings. The van der Waals surface area contributed by atoms with Crippen LogP contribution in [0, 0.1) is 11.3 Å². The van der Waals surface area contributed by atoms with Crippen molar-refractivity contribution in [2.75, 3.05) is 12.0 Å². The van der Waals surface area contributed by atoms with E-state index >= 15 is 0 Å². The number of aliphatic imine (C=N–C) groups is 1. The molecule has 2 aliphatic heterocycles. The predicted octanol–water partition coefficient (Wildman–Crippen LogP) is 5.15. The molecule has 0 saturated carbocycles. The number of nitriles is 1. The van der Waals surface area contributed by atoms with Gasteiger partial charge in [0, 0.05) is 23.3 Å². The van der Waals surface area contributed by atoms with Gasteiger partial charge in [0.2, 0.25) is 0 Å². The van der Waals surface area contributed by atoms with Crippen LogP contribution in [0.15, 0.2) is 107 Å². The first-order valence-corrected chi connectivity index (χ1v) is 11.9. The highest BCUT2D eigenvalue weighted by molar-refractivity contribution is 6.08. The van der Waals surface area contributed by atoms with Crippen molar-refractivity contribution in [3.63, 3.8) is 0 Å². The summed E-state index contributed by atoms with van der Waals surface area (Å²) in [5.74, 6) is 1.14. The third-order valence-electron chi connectivity index (χ3n) is 7.27. The quantitative estimate of drug-likeness (QED) is 0.569. The van der Waals surface area contributed by atoms with Crippen LogP contribution < -0.4 is 15.4 Å². The van der Waals surface area contributed by atoms with Gasteiger partial charge in [0.15, 0.2) is 11.6 Å². The third kappa shape index (κ3) is 3.32. The number of carbonyl (C=O) groups excluding carboxylic acids is 1. The molecule has 36 heavy (non-hydrogen) atoms. The molecule has 6 rings (SSSR count). The highest BCUT2D eigenvalue weighted by Gasteiger charge is 2.45. The number of rotatable bonds is 3. The Morgan fingerprint density at radius 1 is 0.972 bits per heavy atom. The zero-order valence-corrected chi connectivity index (χ0v) is 19.8. The number of carbonyl (C=O) groups is 1.